The Balaban J connectivity index is 2.48. The molecule has 1 aromatic carbocycles. The van der Waals surface area contributed by atoms with Crippen molar-refractivity contribution in [3.8, 4) is 0 Å². The number of halogens is 1. The van der Waals surface area contributed by atoms with Crippen LogP contribution in [0.3, 0.4) is 0 Å². The van der Waals surface area contributed by atoms with E-state index in [-0.39, 0.29) is 0 Å². The van der Waals surface area contributed by atoms with E-state index >= 15 is 0 Å². The van der Waals surface area contributed by atoms with Gasteiger partial charge in [-0.1, -0.05) is 0 Å². The van der Waals surface area contributed by atoms with Crippen molar-refractivity contribution in [2.45, 2.75) is 0 Å². The Morgan fingerprint density at radius 1 is 1.00 bits per heavy atom. The fourth-order valence-corrected chi connectivity index (χ4v) is 1.52. The molecule has 2 rings (SSSR count). The summed E-state index contributed by atoms with van der Waals surface area (Å²) >= 11 is 2.29. The molecule has 0 amide bonds. The van der Waals surface area contributed by atoms with E-state index in [4.69, 9.17) is 0 Å². The highest BCUT2D eigenvalue weighted by Crippen LogP contribution is 2.25. The molecule has 0 atom stereocenters. The van der Waals surface area contributed by atoms with Gasteiger partial charge in [-0.3, -0.25) is 0 Å². The number of fused-ring (bicyclic) bond motifs is 1. The molecule has 1 aromatic rings. The van der Waals surface area contributed by atoms with Crippen LogP contribution in [-0.2, 0) is 0 Å². The van der Waals surface area contributed by atoms with Crippen molar-refractivity contribution < 1.29 is 0 Å². The molecular weight excluding hydrogens is 251 g/mol. The van der Waals surface area contributed by atoms with Crippen molar-refractivity contribution in [1.29, 1.82) is 0 Å². The molecule has 0 fully saturated rings. The van der Waals surface area contributed by atoms with Crippen molar-refractivity contribution in [2.24, 2.45) is 0 Å². The summed E-state index contributed by atoms with van der Waals surface area (Å²) in [5.41, 5.74) is 2.27. The molecule has 0 aromatic heterocycles. The molecule has 0 spiro atoms. The number of nitrogens with one attached hydrogen (secondary N) is 2. The molecule has 56 valence electrons. The lowest BCUT2D eigenvalue weighted by Gasteiger charge is -2.13. The van der Waals surface area contributed by atoms with Gasteiger partial charge in [-0.25, -0.2) is 0 Å². The van der Waals surface area contributed by atoms with Crippen molar-refractivity contribution in [3.05, 3.63) is 34.2 Å². The number of hydrogen-bond donors (Lipinski definition) is 2. The van der Waals surface area contributed by atoms with Crippen LogP contribution in [0.1, 0.15) is 0 Å². The zero-order valence-electron chi connectivity index (χ0n) is 5.76. The third-order valence-corrected chi connectivity index (χ3v) is 2.21. The average Bonchev–Trinajstić information content (AvgIpc) is 2.04. The van der Waals surface area contributed by atoms with Gasteiger partial charge in [0.05, 0.1) is 11.4 Å². The maximum atomic E-state index is 3.16. The smallest absolute Gasteiger partial charge is 0.0629 e. The summed E-state index contributed by atoms with van der Waals surface area (Å²) in [5, 5.41) is 6.30. The molecule has 1 heterocycles. The van der Waals surface area contributed by atoms with Gasteiger partial charge in [-0.05, 0) is 40.8 Å². The quantitative estimate of drug-likeness (QED) is 0.699. The minimum Gasteiger partial charge on any atom is -0.359 e. The summed E-state index contributed by atoms with van der Waals surface area (Å²) in [6, 6.07) is 6.24. The highest BCUT2D eigenvalue weighted by Gasteiger charge is 2.02. The maximum absolute atomic E-state index is 3.16. The predicted octanol–water partition coefficient (Wildman–Crippen LogP) is 2.60. The van der Waals surface area contributed by atoms with Crippen LogP contribution in [-0.4, -0.2) is 0 Å². The van der Waals surface area contributed by atoms with E-state index in [2.05, 4.69) is 51.4 Å². The van der Waals surface area contributed by atoms with Crippen LogP contribution in [0.15, 0.2) is 30.6 Å². The van der Waals surface area contributed by atoms with Gasteiger partial charge in [-0.2, -0.15) is 0 Å². The zero-order chi connectivity index (χ0) is 7.68. The number of benzene rings is 1. The highest BCUT2D eigenvalue weighted by molar-refractivity contribution is 14.1. The number of rotatable bonds is 0. The van der Waals surface area contributed by atoms with Crippen LogP contribution >= 0.6 is 22.6 Å². The van der Waals surface area contributed by atoms with E-state index in [0.29, 0.717) is 0 Å². The lowest BCUT2D eigenvalue weighted by Crippen LogP contribution is -2.01. The zero-order valence-corrected chi connectivity index (χ0v) is 7.92. The molecule has 2 nitrogen and oxygen atoms in total. The first-order valence-electron chi connectivity index (χ1n) is 3.34. The van der Waals surface area contributed by atoms with Crippen LogP contribution in [0.25, 0.3) is 0 Å². The molecule has 0 aliphatic carbocycles. The van der Waals surface area contributed by atoms with Gasteiger partial charge in [-0.15, -0.1) is 0 Å². The second-order valence-corrected chi connectivity index (χ2v) is 3.56. The summed E-state index contributed by atoms with van der Waals surface area (Å²) in [4.78, 5) is 0. The van der Waals surface area contributed by atoms with Crippen LogP contribution in [0.5, 0.6) is 0 Å². The van der Waals surface area contributed by atoms with E-state index in [0.717, 1.165) is 11.4 Å². The Morgan fingerprint density at radius 2 is 1.73 bits per heavy atom. The average molecular weight is 258 g/mol. The van der Waals surface area contributed by atoms with E-state index in [1.165, 1.54) is 3.57 Å². The molecule has 0 bridgehead atoms. The molecule has 0 unspecified atom stereocenters. The molecule has 11 heavy (non-hydrogen) atoms. The normalized spacial score (nSPS) is 13.2. The minimum atomic E-state index is 1.13. The van der Waals surface area contributed by atoms with Gasteiger partial charge in [0, 0.05) is 16.0 Å². The highest BCUT2D eigenvalue weighted by atomic mass is 127. The van der Waals surface area contributed by atoms with Gasteiger partial charge in [0.2, 0.25) is 0 Å². The standard InChI is InChI=1S/C8H7IN2/c9-6-1-2-7-8(5-6)11-4-3-10-7/h1-5,10-11H. The second-order valence-electron chi connectivity index (χ2n) is 2.31. The van der Waals surface area contributed by atoms with Crippen molar-refractivity contribution in [1.82, 2.24) is 0 Å². The molecular formula is C8H7IN2. The number of anilines is 2. The largest absolute Gasteiger partial charge is 0.359 e. The molecule has 1 aliphatic heterocycles. The van der Waals surface area contributed by atoms with E-state index in [9.17, 15) is 0 Å². The Morgan fingerprint density at radius 3 is 2.55 bits per heavy atom. The molecule has 1 aliphatic rings. The Kier molecular flexibility index (Phi) is 1.73. The van der Waals surface area contributed by atoms with Crippen molar-refractivity contribution >= 4 is 34.0 Å². The molecule has 0 saturated heterocycles. The van der Waals surface area contributed by atoms with Crippen LogP contribution in [0.2, 0.25) is 0 Å². The molecule has 0 radical (unpaired) electrons. The van der Waals surface area contributed by atoms with E-state index in [1.54, 1.807) is 0 Å². The van der Waals surface area contributed by atoms with Gasteiger partial charge in [0.1, 0.15) is 0 Å². The van der Waals surface area contributed by atoms with Crippen LogP contribution < -0.4 is 10.6 Å². The maximum Gasteiger partial charge on any atom is 0.0629 e. The molecule has 2 N–H and O–H groups in total. The van der Waals surface area contributed by atoms with Gasteiger partial charge >= 0.3 is 0 Å². The summed E-state index contributed by atoms with van der Waals surface area (Å²) in [6.45, 7) is 0. The third kappa shape index (κ3) is 1.33. The Bertz CT molecular complexity index is 307. The van der Waals surface area contributed by atoms with Crippen molar-refractivity contribution in [3.63, 3.8) is 0 Å². The van der Waals surface area contributed by atoms with Gasteiger partial charge in [0.25, 0.3) is 0 Å². The lowest BCUT2D eigenvalue weighted by atomic mass is 10.2. The first-order valence-corrected chi connectivity index (χ1v) is 4.42. The molecule has 3 heteroatoms. The van der Waals surface area contributed by atoms with E-state index < -0.39 is 0 Å². The predicted molar refractivity (Wildman–Crippen MR) is 55.5 cm³/mol. The second kappa shape index (κ2) is 2.73. The van der Waals surface area contributed by atoms with Crippen molar-refractivity contribution in [2.75, 3.05) is 10.6 Å². The Labute approximate surface area is 78.8 Å². The van der Waals surface area contributed by atoms with Crippen LogP contribution in [0.4, 0.5) is 11.4 Å². The third-order valence-electron chi connectivity index (χ3n) is 1.54. The number of hydrogen-bond acceptors (Lipinski definition) is 2. The summed E-state index contributed by atoms with van der Waals surface area (Å²) in [7, 11) is 0. The summed E-state index contributed by atoms with van der Waals surface area (Å²) in [6.07, 6.45) is 3.77. The monoisotopic (exact) mass is 258 g/mol. The summed E-state index contributed by atoms with van der Waals surface area (Å²) < 4.78 is 1.24. The SMILES string of the molecule is Ic1ccc2c(c1)NC=CN2. The molecule has 0 saturated carbocycles. The Hall–Kier alpha value is -0.710. The topological polar surface area (TPSA) is 24.1 Å². The summed E-state index contributed by atoms with van der Waals surface area (Å²) in [5.74, 6) is 0. The lowest BCUT2D eigenvalue weighted by molar-refractivity contribution is 1.45. The van der Waals surface area contributed by atoms with Gasteiger partial charge in [0.15, 0.2) is 0 Å². The first-order chi connectivity index (χ1) is 5.36. The fraction of sp³-hybridized carbons (Fsp3) is 0. The first kappa shape index (κ1) is 6.97. The van der Waals surface area contributed by atoms with Gasteiger partial charge < -0.3 is 10.6 Å². The minimum absolute atomic E-state index is 1.13. The fourth-order valence-electron chi connectivity index (χ4n) is 1.02. The van der Waals surface area contributed by atoms with Crippen LogP contribution in [0, 0.1) is 3.57 Å². The van der Waals surface area contributed by atoms with E-state index in [1.807, 2.05) is 12.4 Å².